The molecule has 2 aromatic carbocycles. The van der Waals surface area contributed by atoms with Crippen LogP contribution in [0.5, 0.6) is 0 Å². The number of amides is 2. The highest BCUT2D eigenvalue weighted by Gasteiger charge is 2.29. The second kappa shape index (κ2) is 8.15. The third kappa shape index (κ3) is 3.80. The quantitative estimate of drug-likeness (QED) is 0.660. The summed E-state index contributed by atoms with van der Waals surface area (Å²) >= 11 is 1.47. The van der Waals surface area contributed by atoms with Crippen LogP contribution in [0.25, 0.3) is 10.8 Å². The number of hydrogen-bond acceptors (Lipinski definition) is 3. The van der Waals surface area contributed by atoms with E-state index in [4.69, 9.17) is 0 Å². The lowest BCUT2D eigenvalue weighted by Gasteiger charge is -2.33. The van der Waals surface area contributed by atoms with E-state index in [2.05, 4.69) is 24.3 Å². The van der Waals surface area contributed by atoms with Crippen LogP contribution in [0.15, 0.2) is 60.0 Å². The Morgan fingerprint density at radius 1 is 1.04 bits per heavy atom. The van der Waals surface area contributed by atoms with Gasteiger partial charge >= 0.3 is 0 Å². The van der Waals surface area contributed by atoms with Gasteiger partial charge in [-0.15, -0.1) is 11.3 Å². The van der Waals surface area contributed by atoms with Gasteiger partial charge in [0.1, 0.15) is 0 Å². The van der Waals surface area contributed by atoms with Crippen molar-refractivity contribution in [2.45, 2.75) is 19.4 Å². The summed E-state index contributed by atoms with van der Waals surface area (Å²) in [7, 11) is 1.88. The van der Waals surface area contributed by atoms with Gasteiger partial charge in [-0.3, -0.25) is 9.59 Å². The highest BCUT2D eigenvalue weighted by atomic mass is 32.1. The minimum atomic E-state index is -0.00707. The second-order valence-electron chi connectivity index (χ2n) is 7.38. The lowest BCUT2D eigenvalue weighted by molar-refractivity contribution is -0.136. The Morgan fingerprint density at radius 2 is 1.79 bits per heavy atom. The molecule has 1 saturated heterocycles. The van der Waals surface area contributed by atoms with E-state index in [1.807, 2.05) is 52.6 Å². The Hall–Kier alpha value is -2.66. The number of carbonyl (C=O) groups excluding carboxylic acids is 2. The monoisotopic (exact) mass is 392 g/mol. The maximum absolute atomic E-state index is 13.0. The molecule has 0 N–H and O–H groups in total. The zero-order valence-corrected chi connectivity index (χ0v) is 16.8. The Morgan fingerprint density at radius 3 is 2.54 bits per heavy atom. The predicted molar refractivity (Wildman–Crippen MR) is 113 cm³/mol. The molecule has 0 atom stereocenters. The van der Waals surface area contributed by atoms with Crippen molar-refractivity contribution in [2.24, 2.45) is 5.92 Å². The van der Waals surface area contributed by atoms with Crippen LogP contribution in [-0.4, -0.2) is 41.8 Å². The summed E-state index contributed by atoms with van der Waals surface area (Å²) < 4.78 is 0. The van der Waals surface area contributed by atoms with Crippen molar-refractivity contribution in [3.05, 3.63) is 70.4 Å². The van der Waals surface area contributed by atoms with Gasteiger partial charge in [-0.05, 0) is 40.6 Å². The number of likely N-dealkylation sites (tertiary alicyclic amines) is 1. The molecule has 0 radical (unpaired) electrons. The van der Waals surface area contributed by atoms with E-state index >= 15 is 0 Å². The van der Waals surface area contributed by atoms with E-state index in [1.54, 1.807) is 0 Å². The SMILES string of the molecule is CN(Cc1cccc2ccccc12)C(=O)C1CCN(C(=O)c2cccs2)CC1. The van der Waals surface area contributed by atoms with E-state index in [-0.39, 0.29) is 17.7 Å². The fraction of sp³-hybridized carbons (Fsp3) is 0.304. The second-order valence-corrected chi connectivity index (χ2v) is 8.32. The van der Waals surface area contributed by atoms with E-state index < -0.39 is 0 Å². The number of fused-ring (bicyclic) bond motifs is 1. The van der Waals surface area contributed by atoms with Crippen molar-refractivity contribution in [1.29, 1.82) is 0 Å². The molecule has 5 heteroatoms. The van der Waals surface area contributed by atoms with Crippen molar-refractivity contribution < 1.29 is 9.59 Å². The Bertz CT molecular complexity index is 970. The fourth-order valence-corrected chi connectivity index (χ4v) is 4.65. The molecular formula is C23H24N2O2S. The average molecular weight is 393 g/mol. The van der Waals surface area contributed by atoms with Crippen LogP contribution in [0.1, 0.15) is 28.1 Å². The number of hydrogen-bond donors (Lipinski definition) is 0. The highest BCUT2D eigenvalue weighted by molar-refractivity contribution is 7.12. The third-order valence-corrected chi connectivity index (χ3v) is 6.38. The standard InChI is InChI=1S/C23H24N2O2S/c1-24(16-19-8-4-7-17-6-2-3-9-20(17)19)22(26)18-11-13-25(14-12-18)23(27)21-10-5-15-28-21/h2-10,15,18H,11-14,16H2,1H3. The largest absolute Gasteiger partial charge is 0.341 e. The zero-order valence-electron chi connectivity index (χ0n) is 16.0. The molecule has 3 aromatic rings. The third-order valence-electron chi connectivity index (χ3n) is 5.53. The van der Waals surface area contributed by atoms with E-state index in [1.165, 1.54) is 27.7 Å². The first-order chi connectivity index (χ1) is 13.6. The first-order valence-electron chi connectivity index (χ1n) is 9.68. The first-order valence-corrected chi connectivity index (χ1v) is 10.6. The molecule has 28 heavy (non-hydrogen) atoms. The van der Waals surface area contributed by atoms with Gasteiger partial charge < -0.3 is 9.80 Å². The smallest absolute Gasteiger partial charge is 0.263 e. The van der Waals surface area contributed by atoms with E-state index in [0.29, 0.717) is 19.6 Å². The number of nitrogens with zero attached hydrogens (tertiary/aromatic N) is 2. The molecule has 144 valence electrons. The van der Waals surface area contributed by atoms with Gasteiger partial charge in [0, 0.05) is 32.6 Å². The number of benzene rings is 2. The number of thiophene rings is 1. The van der Waals surface area contributed by atoms with Crippen LogP contribution in [0.4, 0.5) is 0 Å². The normalized spacial score (nSPS) is 15.0. The summed E-state index contributed by atoms with van der Waals surface area (Å²) in [6.07, 6.45) is 1.46. The highest BCUT2D eigenvalue weighted by Crippen LogP contribution is 2.24. The van der Waals surface area contributed by atoms with Gasteiger partial charge in [0.05, 0.1) is 4.88 Å². The van der Waals surface area contributed by atoms with Gasteiger partial charge in [0.15, 0.2) is 0 Å². The molecule has 1 aliphatic heterocycles. The zero-order chi connectivity index (χ0) is 19.5. The maximum Gasteiger partial charge on any atom is 0.263 e. The lowest BCUT2D eigenvalue weighted by Crippen LogP contribution is -2.43. The Balaban J connectivity index is 1.38. The topological polar surface area (TPSA) is 40.6 Å². The molecule has 0 unspecified atom stereocenters. The minimum absolute atomic E-state index is 0.00707. The lowest BCUT2D eigenvalue weighted by atomic mass is 9.95. The summed E-state index contributed by atoms with van der Waals surface area (Å²) in [6, 6.07) is 18.3. The van der Waals surface area contributed by atoms with Crippen LogP contribution in [0.2, 0.25) is 0 Å². The van der Waals surface area contributed by atoms with Crippen LogP contribution < -0.4 is 0 Å². The van der Waals surface area contributed by atoms with E-state index in [0.717, 1.165) is 17.7 Å². The van der Waals surface area contributed by atoms with Gasteiger partial charge in [0.25, 0.3) is 5.91 Å². The summed E-state index contributed by atoms with van der Waals surface area (Å²) in [5.41, 5.74) is 1.17. The molecule has 4 rings (SSSR count). The number of piperidine rings is 1. The van der Waals surface area contributed by atoms with Crippen molar-refractivity contribution in [3.63, 3.8) is 0 Å². The van der Waals surface area contributed by atoms with Crippen LogP contribution in [0, 0.1) is 5.92 Å². The predicted octanol–water partition coefficient (Wildman–Crippen LogP) is 4.41. The van der Waals surface area contributed by atoms with Crippen molar-refractivity contribution in [1.82, 2.24) is 9.80 Å². The van der Waals surface area contributed by atoms with Gasteiger partial charge in [0.2, 0.25) is 5.91 Å². The van der Waals surface area contributed by atoms with Crippen LogP contribution >= 0.6 is 11.3 Å². The number of rotatable bonds is 4. The maximum atomic E-state index is 13.0. The van der Waals surface area contributed by atoms with Crippen LogP contribution in [0.3, 0.4) is 0 Å². The fourth-order valence-electron chi connectivity index (χ4n) is 3.96. The minimum Gasteiger partial charge on any atom is -0.341 e. The average Bonchev–Trinajstić information content (AvgIpc) is 3.28. The molecule has 2 amide bonds. The molecule has 2 heterocycles. The summed E-state index contributed by atoms with van der Waals surface area (Å²) in [6.45, 7) is 1.90. The van der Waals surface area contributed by atoms with Crippen LogP contribution in [-0.2, 0) is 11.3 Å². The molecular weight excluding hydrogens is 368 g/mol. The number of carbonyl (C=O) groups is 2. The van der Waals surface area contributed by atoms with Gasteiger partial charge in [-0.2, -0.15) is 0 Å². The Kier molecular flexibility index (Phi) is 5.44. The molecule has 1 aromatic heterocycles. The van der Waals surface area contributed by atoms with Crippen molar-refractivity contribution >= 4 is 33.9 Å². The Labute approximate surface area is 169 Å². The summed E-state index contributed by atoms with van der Waals surface area (Å²) in [5.74, 6) is 0.258. The summed E-state index contributed by atoms with van der Waals surface area (Å²) in [5, 5.41) is 4.31. The van der Waals surface area contributed by atoms with E-state index in [9.17, 15) is 9.59 Å². The molecule has 1 fully saturated rings. The van der Waals surface area contributed by atoms with Gasteiger partial charge in [-0.1, -0.05) is 48.5 Å². The van der Waals surface area contributed by atoms with Crippen molar-refractivity contribution in [2.75, 3.05) is 20.1 Å². The molecule has 0 bridgehead atoms. The van der Waals surface area contributed by atoms with Crippen molar-refractivity contribution in [3.8, 4) is 0 Å². The molecule has 0 saturated carbocycles. The summed E-state index contributed by atoms with van der Waals surface area (Å²) in [4.78, 5) is 29.9. The van der Waals surface area contributed by atoms with Gasteiger partial charge in [-0.25, -0.2) is 0 Å². The first kappa shape index (κ1) is 18.7. The molecule has 0 spiro atoms. The molecule has 4 nitrogen and oxygen atoms in total. The molecule has 0 aliphatic carbocycles. The molecule has 1 aliphatic rings.